The van der Waals surface area contributed by atoms with Gasteiger partial charge in [0.15, 0.2) is 6.10 Å². The molecule has 1 rings (SSSR count). The van der Waals surface area contributed by atoms with Crippen LogP contribution in [0.3, 0.4) is 0 Å². The van der Waals surface area contributed by atoms with Gasteiger partial charge in [-0.1, -0.05) is 18.6 Å². The van der Waals surface area contributed by atoms with Crippen molar-refractivity contribution in [3.8, 4) is 0 Å². The van der Waals surface area contributed by atoms with E-state index in [0.29, 0.717) is 32.2 Å². The number of nitro benzene ring substituents is 1. The highest BCUT2D eigenvalue weighted by Crippen LogP contribution is 2.14. The number of hydrogen-bond donors (Lipinski definition) is 1. The number of rotatable bonds is 15. The third-order valence-corrected chi connectivity index (χ3v) is 5.27. The Morgan fingerprint density at radius 2 is 1.69 bits per heavy atom. The van der Waals surface area contributed by atoms with E-state index < -0.39 is 29.4 Å². The van der Waals surface area contributed by atoms with Gasteiger partial charge in [-0.2, -0.15) is 0 Å². The van der Waals surface area contributed by atoms with Crippen LogP contribution in [-0.2, 0) is 30.3 Å². The Hall–Kier alpha value is -3.54. The molecule has 12 nitrogen and oxygen atoms in total. The van der Waals surface area contributed by atoms with Crippen molar-refractivity contribution < 1.29 is 43.2 Å². The summed E-state index contributed by atoms with van der Waals surface area (Å²) in [5, 5.41) is 24.3. The highest BCUT2D eigenvalue weighted by Gasteiger charge is 2.31. The first-order valence-corrected chi connectivity index (χ1v) is 11.7. The van der Waals surface area contributed by atoms with Crippen molar-refractivity contribution in [3.63, 3.8) is 0 Å². The van der Waals surface area contributed by atoms with Gasteiger partial charge < -0.3 is 24.7 Å². The van der Waals surface area contributed by atoms with Crippen LogP contribution < -0.4 is 10.4 Å². The van der Waals surface area contributed by atoms with Crippen LogP contribution in [0.15, 0.2) is 24.3 Å². The number of hydrogen-bond acceptors (Lipinski definition) is 9. The number of likely N-dealkylation sites (N-methyl/N-ethyl adjacent to an activating group) is 1. The second-order valence-corrected chi connectivity index (χ2v) is 9.15. The van der Waals surface area contributed by atoms with E-state index in [-0.39, 0.29) is 41.2 Å². The standard InChI is InChI=1S/C24H35N3O9/c1-17(14-19-9-11-20(12-10-19)26(33)34)35-23(31)8-6-5-7-13-25-24(32)27(3,4)16-21(15-22(29)30)36-18(2)28/h9-12,17,21H,5-8,13-16H2,1-4H3,(H-,25,29,30,32). The molecule has 200 valence electrons. The van der Waals surface area contributed by atoms with Crippen LogP contribution in [0.5, 0.6) is 0 Å². The zero-order valence-corrected chi connectivity index (χ0v) is 21.2. The van der Waals surface area contributed by atoms with Crippen molar-refractivity contribution in [1.29, 1.82) is 0 Å². The Labute approximate surface area is 210 Å². The fourth-order valence-corrected chi connectivity index (χ4v) is 3.55. The predicted octanol–water partition coefficient (Wildman–Crippen LogP) is 1.49. The Kier molecular flexibility index (Phi) is 12.5. The average Bonchev–Trinajstić information content (AvgIpc) is 2.74. The number of carbonyl (C=O) groups is 4. The summed E-state index contributed by atoms with van der Waals surface area (Å²) in [4.78, 5) is 56.8. The van der Waals surface area contributed by atoms with Crippen LogP contribution in [0.1, 0.15) is 51.5 Å². The van der Waals surface area contributed by atoms with Gasteiger partial charge in [0.1, 0.15) is 12.6 Å². The zero-order valence-electron chi connectivity index (χ0n) is 21.2. The lowest BCUT2D eigenvalue weighted by Crippen LogP contribution is -2.56. The van der Waals surface area contributed by atoms with Gasteiger partial charge in [-0.05, 0) is 25.3 Å². The molecule has 0 aliphatic rings. The van der Waals surface area contributed by atoms with E-state index in [0.717, 1.165) is 12.5 Å². The minimum absolute atomic E-state index is 0.00373. The molecule has 0 aromatic heterocycles. The van der Waals surface area contributed by atoms with Crippen LogP contribution in [0.2, 0.25) is 0 Å². The van der Waals surface area contributed by atoms with E-state index in [1.807, 2.05) is 0 Å². The van der Waals surface area contributed by atoms with Gasteiger partial charge in [0.2, 0.25) is 0 Å². The highest BCUT2D eigenvalue weighted by molar-refractivity contribution is 5.70. The number of benzene rings is 1. The number of amides is 2. The van der Waals surface area contributed by atoms with Gasteiger partial charge in [0.05, 0.1) is 19.0 Å². The first-order valence-electron chi connectivity index (χ1n) is 11.7. The van der Waals surface area contributed by atoms with Crippen LogP contribution in [0.25, 0.3) is 0 Å². The lowest BCUT2D eigenvalue weighted by Gasteiger charge is -2.30. The molecule has 2 atom stereocenters. The minimum Gasteiger partial charge on any atom is -0.550 e. The number of non-ortho nitro benzene ring substituents is 1. The third-order valence-electron chi connectivity index (χ3n) is 5.27. The number of aliphatic carboxylic acids is 1. The molecular weight excluding hydrogens is 474 g/mol. The first-order chi connectivity index (χ1) is 16.8. The first kappa shape index (κ1) is 30.5. The topological polar surface area (TPSA) is 165 Å². The monoisotopic (exact) mass is 509 g/mol. The molecule has 1 aromatic rings. The number of esters is 2. The fraction of sp³-hybridized carbons (Fsp3) is 0.583. The molecule has 0 saturated carbocycles. The maximum Gasteiger partial charge on any atom is 0.416 e. The Morgan fingerprint density at radius 3 is 2.25 bits per heavy atom. The van der Waals surface area contributed by atoms with Gasteiger partial charge >= 0.3 is 18.0 Å². The molecule has 12 heteroatoms. The molecule has 2 amide bonds. The quantitative estimate of drug-likeness (QED) is 0.121. The third kappa shape index (κ3) is 12.2. The maximum absolute atomic E-state index is 12.5. The van der Waals surface area contributed by atoms with Crippen molar-refractivity contribution in [1.82, 2.24) is 5.32 Å². The van der Waals surface area contributed by atoms with Crippen LogP contribution in [0, 0.1) is 10.1 Å². The Bertz CT molecular complexity index is 900. The second kappa shape index (κ2) is 14.8. The lowest BCUT2D eigenvalue weighted by molar-refractivity contribution is -0.812. The van der Waals surface area contributed by atoms with E-state index >= 15 is 0 Å². The molecule has 0 spiro atoms. The summed E-state index contributed by atoms with van der Waals surface area (Å²) in [7, 11) is 3.16. The van der Waals surface area contributed by atoms with Crippen molar-refractivity contribution >= 4 is 29.6 Å². The van der Waals surface area contributed by atoms with Gasteiger partial charge in [-0.3, -0.25) is 19.7 Å². The summed E-state index contributed by atoms with van der Waals surface area (Å²) in [5.74, 6) is -2.35. The summed E-state index contributed by atoms with van der Waals surface area (Å²) >= 11 is 0. The molecule has 0 aliphatic heterocycles. The normalized spacial score (nSPS) is 12.8. The van der Waals surface area contributed by atoms with Gasteiger partial charge in [0, 0.05) is 50.8 Å². The largest absolute Gasteiger partial charge is 0.550 e. The summed E-state index contributed by atoms with van der Waals surface area (Å²) in [6.45, 7) is 3.26. The van der Waals surface area contributed by atoms with E-state index in [2.05, 4.69) is 5.32 Å². The number of ether oxygens (including phenoxy) is 2. The smallest absolute Gasteiger partial charge is 0.416 e. The van der Waals surface area contributed by atoms with Crippen molar-refractivity contribution in [2.45, 2.75) is 64.6 Å². The number of nitrogens with zero attached hydrogens (tertiary/aromatic N) is 2. The number of carbonyl (C=O) groups excluding carboxylic acids is 4. The molecule has 0 fully saturated rings. The van der Waals surface area contributed by atoms with Crippen LogP contribution >= 0.6 is 0 Å². The van der Waals surface area contributed by atoms with E-state index in [1.165, 1.54) is 12.1 Å². The summed E-state index contributed by atoms with van der Waals surface area (Å²) in [5.41, 5.74) is 0.834. The zero-order chi connectivity index (χ0) is 27.3. The lowest BCUT2D eigenvalue weighted by atomic mass is 10.1. The summed E-state index contributed by atoms with van der Waals surface area (Å²) in [6.07, 6.45) is 0.713. The van der Waals surface area contributed by atoms with E-state index in [1.54, 1.807) is 33.2 Å². The average molecular weight is 510 g/mol. The fourth-order valence-electron chi connectivity index (χ4n) is 3.55. The molecule has 36 heavy (non-hydrogen) atoms. The van der Waals surface area contributed by atoms with Crippen molar-refractivity contribution in [2.75, 3.05) is 27.2 Å². The highest BCUT2D eigenvalue weighted by atomic mass is 16.6. The number of carboxylic acids is 1. The van der Waals surface area contributed by atoms with Gasteiger partial charge in [0.25, 0.3) is 5.69 Å². The molecule has 0 saturated heterocycles. The molecule has 0 heterocycles. The molecule has 0 radical (unpaired) electrons. The van der Waals surface area contributed by atoms with Gasteiger partial charge in [-0.25, -0.2) is 9.28 Å². The maximum atomic E-state index is 12.5. The van der Waals surface area contributed by atoms with Crippen molar-refractivity contribution in [3.05, 3.63) is 39.9 Å². The molecular formula is C24H35N3O9. The molecule has 1 aromatic carbocycles. The summed E-state index contributed by atoms with van der Waals surface area (Å²) in [6, 6.07) is 5.74. The SMILES string of the molecule is CC(=O)OC(CC(=O)[O-])C[N+](C)(C)C(=O)NCCCCCC(=O)OC(C)Cc1ccc([N+](=O)[O-])cc1. The number of nitro groups is 1. The van der Waals surface area contributed by atoms with E-state index in [9.17, 15) is 34.4 Å². The molecule has 2 unspecified atom stereocenters. The number of urea groups is 1. The summed E-state index contributed by atoms with van der Waals surface area (Å²) < 4.78 is 10.1. The van der Waals surface area contributed by atoms with Crippen LogP contribution in [0.4, 0.5) is 10.5 Å². The van der Waals surface area contributed by atoms with E-state index in [4.69, 9.17) is 9.47 Å². The predicted molar refractivity (Wildman–Crippen MR) is 126 cm³/mol. The molecule has 1 N–H and O–H groups in total. The number of quaternary nitrogens is 1. The van der Waals surface area contributed by atoms with Crippen LogP contribution in [-0.4, -0.2) is 72.7 Å². The number of unbranched alkanes of at least 4 members (excludes halogenated alkanes) is 2. The Morgan fingerprint density at radius 1 is 1.06 bits per heavy atom. The second-order valence-electron chi connectivity index (χ2n) is 9.15. The molecule has 0 bridgehead atoms. The molecule has 0 aliphatic carbocycles. The minimum atomic E-state index is -1.37. The van der Waals surface area contributed by atoms with Crippen molar-refractivity contribution in [2.24, 2.45) is 0 Å². The van der Waals surface area contributed by atoms with Gasteiger partial charge in [-0.15, -0.1) is 0 Å². The Balaban J connectivity index is 2.29. The number of carboxylic acid groups (broad SMARTS) is 1. The number of nitrogens with one attached hydrogen (secondary N) is 1.